The van der Waals surface area contributed by atoms with Crippen molar-refractivity contribution in [2.45, 2.75) is 4.90 Å². The predicted molar refractivity (Wildman–Crippen MR) is 83.7 cm³/mol. The van der Waals surface area contributed by atoms with E-state index < -0.39 is 10.0 Å². The van der Waals surface area contributed by atoms with E-state index in [2.05, 4.69) is 4.72 Å². The highest BCUT2D eigenvalue weighted by Gasteiger charge is 2.20. The molecule has 0 aliphatic carbocycles. The standard InChI is InChI=1S/C12H7Cl4NO2S/c13-7-4-5-8(14)11(6-7)20(18,19)17-10-3-1-2-9(15)12(10)16/h1-6,17H. The molecule has 20 heavy (non-hydrogen) atoms. The normalized spacial score (nSPS) is 11.4. The topological polar surface area (TPSA) is 46.2 Å². The predicted octanol–water partition coefficient (Wildman–Crippen LogP) is 5.10. The zero-order chi connectivity index (χ0) is 14.9. The maximum absolute atomic E-state index is 12.3. The van der Waals surface area contributed by atoms with Crippen molar-refractivity contribution in [2.75, 3.05) is 4.72 Å². The van der Waals surface area contributed by atoms with Gasteiger partial charge in [0.1, 0.15) is 4.90 Å². The molecule has 0 fully saturated rings. The van der Waals surface area contributed by atoms with Crippen LogP contribution >= 0.6 is 46.4 Å². The van der Waals surface area contributed by atoms with Crippen LogP contribution in [0, 0.1) is 0 Å². The fourth-order valence-electron chi connectivity index (χ4n) is 1.47. The van der Waals surface area contributed by atoms with Gasteiger partial charge in [-0.15, -0.1) is 0 Å². The van der Waals surface area contributed by atoms with Crippen LogP contribution in [0.1, 0.15) is 0 Å². The highest BCUT2D eigenvalue weighted by atomic mass is 35.5. The SMILES string of the molecule is O=S(=O)(Nc1cccc(Cl)c1Cl)c1cc(Cl)ccc1Cl. The molecule has 8 heteroatoms. The first-order valence-corrected chi connectivity index (χ1v) is 8.22. The number of sulfonamides is 1. The Balaban J connectivity index is 2.46. The molecule has 106 valence electrons. The van der Waals surface area contributed by atoms with E-state index in [0.29, 0.717) is 0 Å². The second kappa shape index (κ2) is 6.00. The maximum Gasteiger partial charge on any atom is 0.263 e. The molecular formula is C12H7Cl4NO2S. The summed E-state index contributed by atoms with van der Waals surface area (Å²) in [5, 5.41) is 0.659. The lowest BCUT2D eigenvalue weighted by Gasteiger charge is -2.11. The van der Waals surface area contributed by atoms with Crippen LogP contribution in [0.3, 0.4) is 0 Å². The van der Waals surface area contributed by atoms with Gasteiger partial charge in [0.2, 0.25) is 0 Å². The van der Waals surface area contributed by atoms with Crippen LogP contribution in [-0.4, -0.2) is 8.42 Å². The fourth-order valence-corrected chi connectivity index (χ4v) is 3.70. The minimum Gasteiger partial charge on any atom is -0.278 e. The summed E-state index contributed by atoms with van der Waals surface area (Å²) in [6.07, 6.45) is 0. The molecule has 0 saturated carbocycles. The Bertz CT molecular complexity index is 762. The van der Waals surface area contributed by atoms with Crippen molar-refractivity contribution < 1.29 is 8.42 Å². The van der Waals surface area contributed by atoms with Gasteiger partial charge in [-0.1, -0.05) is 52.5 Å². The number of hydrogen-bond donors (Lipinski definition) is 1. The highest BCUT2D eigenvalue weighted by Crippen LogP contribution is 2.32. The Morgan fingerprint density at radius 1 is 0.900 bits per heavy atom. The second-order valence-corrected chi connectivity index (χ2v) is 7.06. The molecule has 0 unspecified atom stereocenters. The molecule has 0 saturated heterocycles. The average molecular weight is 371 g/mol. The van der Waals surface area contributed by atoms with Gasteiger partial charge in [0.25, 0.3) is 10.0 Å². The summed E-state index contributed by atoms with van der Waals surface area (Å²) in [5.74, 6) is 0. The molecule has 0 aromatic heterocycles. The fraction of sp³-hybridized carbons (Fsp3) is 0. The third-order valence-corrected chi connectivity index (χ3v) is 5.28. The number of anilines is 1. The van der Waals surface area contributed by atoms with Gasteiger partial charge in [-0.05, 0) is 30.3 Å². The molecule has 0 atom stereocenters. The Morgan fingerprint density at radius 3 is 2.30 bits per heavy atom. The van der Waals surface area contributed by atoms with E-state index in [0.717, 1.165) is 0 Å². The summed E-state index contributed by atoms with van der Waals surface area (Å²) in [6, 6.07) is 8.77. The zero-order valence-electron chi connectivity index (χ0n) is 9.70. The molecule has 0 heterocycles. The van der Waals surface area contributed by atoms with Crippen LogP contribution in [-0.2, 0) is 10.0 Å². The quantitative estimate of drug-likeness (QED) is 0.816. The summed E-state index contributed by atoms with van der Waals surface area (Å²) in [6.45, 7) is 0. The molecule has 0 radical (unpaired) electrons. The van der Waals surface area contributed by atoms with E-state index in [4.69, 9.17) is 46.4 Å². The Morgan fingerprint density at radius 2 is 1.60 bits per heavy atom. The third-order valence-electron chi connectivity index (χ3n) is 2.38. The molecule has 0 amide bonds. The Hall–Kier alpha value is -0.650. The van der Waals surface area contributed by atoms with Crippen LogP contribution in [0.5, 0.6) is 0 Å². The van der Waals surface area contributed by atoms with Gasteiger partial charge in [0.05, 0.1) is 20.8 Å². The van der Waals surface area contributed by atoms with E-state index in [-0.39, 0.29) is 30.7 Å². The van der Waals surface area contributed by atoms with Gasteiger partial charge < -0.3 is 0 Å². The summed E-state index contributed by atoms with van der Waals surface area (Å²) in [5.41, 5.74) is 0.162. The Labute approximate surface area is 136 Å². The van der Waals surface area contributed by atoms with E-state index >= 15 is 0 Å². The summed E-state index contributed by atoms with van der Waals surface area (Å²) in [4.78, 5) is -0.136. The smallest absolute Gasteiger partial charge is 0.263 e. The van der Waals surface area contributed by atoms with E-state index in [1.165, 1.54) is 24.3 Å². The van der Waals surface area contributed by atoms with Gasteiger partial charge >= 0.3 is 0 Å². The van der Waals surface area contributed by atoms with Crippen molar-refractivity contribution >= 4 is 62.1 Å². The number of halogens is 4. The molecule has 0 aliphatic heterocycles. The number of hydrogen-bond acceptors (Lipinski definition) is 2. The maximum atomic E-state index is 12.3. The van der Waals surface area contributed by atoms with Gasteiger partial charge in [-0.3, -0.25) is 4.72 Å². The van der Waals surface area contributed by atoms with Crippen molar-refractivity contribution in [2.24, 2.45) is 0 Å². The third kappa shape index (κ3) is 3.32. The van der Waals surface area contributed by atoms with Crippen LogP contribution < -0.4 is 4.72 Å². The van der Waals surface area contributed by atoms with Crippen molar-refractivity contribution in [3.8, 4) is 0 Å². The molecule has 2 rings (SSSR count). The molecule has 0 aliphatic rings. The van der Waals surface area contributed by atoms with Crippen molar-refractivity contribution in [3.05, 3.63) is 56.5 Å². The van der Waals surface area contributed by atoms with Crippen LogP contribution in [0.4, 0.5) is 5.69 Å². The highest BCUT2D eigenvalue weighted by molar-refractivity contribution is 7.92. The van der Waals surface area contributed by atoms with E-state index in [1.807, 2.05) is 0 Å². The largest absolute Gasteiger partial charge is 0.278 e. The molecule has 0 bridgehead atoms. The second-order valence-electron chi connectivity index (χ2n) is 3.78. The molecule has 3 nitrogen and oxygen atoms in total. The van der Waals surface area contributed by atoms with Crippen LogP contribution in [0.2, 0.25) is 20.1 Å². The molecule has 0 spiro atoms. The molecule has 1 N–H and O–H groups in total. The first-order valence-electron chi connectivity index (χ1n) is 5.23. The van der Waals surface area contributed by atoms with Gasteiger partial charge in [-0.2, -0.15) is 0 Å². The first kappa shape index (κ1) is 15.7. The molecular weight excluding hydrogens is 364 g/mol. The van der Waals surface area contributed by atoms with Gasteiger partial charge in [-0.25, -0.2) is 8.42 Å². The van der Waals surface area contributed by atoms with E-state index in [9.17, 15) is 8.42 Å². The lowest BCUT2D eigenvalue weighted by Crippen LogP contribution is -2.13. The minimum atomic E-state index is -3.92. The monoisotopic (exact) mass is 369 g/mol. The summed E-state index contributed by atoms with van der Waals surface area (Å²) >= 11 is 23.4. The lowest BCUT2D eigenvalue weighted by molar-refractivity contribution is 0.601. The van der Waals surface area contributed by atoms with Crippen LogP contribution in [0.15, 0.2) is 41.3 Å². The zero-order valence-corrected chi connectivity index (χ0v) is 13.5. The molecule has 2 aromatic carbocycles. The number of benzene rings is 2. The minimum absolute atomic E-state index is 0.0556. The van der Waals surface area contributed by atoms with Crippen LogP contribution in [0.25, 0.3) is 0 Å². The lowest BCUT2D eigenvalue weighted by atomic mass is 10.3. The first-order chi connectivity index (χ1) is 9.31. The Kier molecular flexibility index (Phi) is 4.72. The average Bonchev–Trinajstić information content (AvgIpc) is 2.37. The molecule has 2 aromatic rings. The van der Waals surface area contributed by atoms with Crippen molar-refractivity contribution in [1.29, 1.82) is 0 Å². The van der Waals surface area contributed by atoms with Crippen molar-refractivity contribution in [3.63, 3.8) is 0 Å². The summed E-state index contributed by atoms with van der Waals surface area (Å²) in [7, 11) is -3.92. The van der Waals surface area contributed by atoms with Gasteiger partial charge in [0, 0.05) is 5.02 Å². The van der Waals surface area contributed by atoms with E-state index in [1.54, 1.807) is 12.1 Å². The number of rotatable bonds is 3. The van der Waals surface area contributed by atoms with Gasteiger partial charge in [0.15, 0.2) is 0 Å². The van der Waals surface area contributed by atoms with Crippen molar-refractivity contribution in [1.82, 2.24) is 0 Å². The summed E-state index contributed by atoms with van der Waals surface area (Å²) < 4.78 is 26.9. The number of nitrogens with one attached hydrogen (secondary N) is 1.